The third kappa shape index (κ3) is 3.21. The van der Waals surface area contributed by atoms with Crippen LogP contribution in [0.5, 0.6) is 0 Å². The van der Waals surface area contributed by atoms with Crippen molar-refractivity contribution >= 4 is 0 Å². The highest BCUT2D eigenvalue weighted by Gasteiger charge is 2.22. The smallest absolute Gasteiger partial charge is 0.00413 e. The molecule has 10 heavy (non-hydrogen) atoms. The maximum absolute atomic E-state index is 3.50. The lowest BCUT2D eigenvalue weighted by molar-refractivity contribution is 0.488. The summed E-state index contributed by atoms with van der Waals surface area (Å²) < 4.78 is 0. The molecular formula is C9H19N. The second-order valence-electron chi connectivity index (χ2n) is 3.53. The Kier molecular flexibility index (Phi) is 3.20. The summed E-state index contributed by atoms with van der Waals surface area (Å²) in [4.78, 5) is 0. The highest BCUT2D eigenvalue weighted by molar-refractivity contribution is 4.77. The van der Waals surface area contributed by atoms with Crippen LogP contribution in [0.1, 0.15) is 39.5 Å². The number of nitrogens with one attached hydrogen (secondary N) is 1. The van der Waals surface area contributed by atoms with E-state index in [1.54, 1.807) is 0 Å². The fourth-order valence-electron chi connectivity index (χ4n) is 1.33. The first-order valence-corrected chi connectivity index (χ1v) is 4.56. The van der Waals surface area contributed by atoms with Crippen molar-refractivity contribution in [2.24, 2.45) is 5.92 Å². The highest BCUT2D eigenvalue weighted by atomic mass is 14.9. The SMILES string of the molecule is CCCNC(C)CC1CC1. The zero-order valence-electron chi connectivity index (χ0n) is 7.19. The van der Waals surface area contributed by atoms with Gasteiger partial charge >= 0.3 is 0 Å². The Morgan fingerprint density at radius 2 is 2.20 bits per heavy atom. The van der Waals surface area contributed by atoms with Crippen LogP contribution in [0.15, 0.2) is 0 Å². The topological polar surface area (TPSA) is 12.0 Å². The van der Waals surface area contributed by atoms with Crippen LogP contribution in [-0.2, 0) is 0 Å². The van der Waals surface area contributed by atoms with E-state index in [2.05, 4.69) is 19.2 Å². The van der Waals surface area contributed by atoms with Gasteiger partial charge in [0.2, 0.25) is 0 Å². The maximum atomic E-state index is 3.50. The molecule has 1 aliphatic rings. The van der Waals surface area contributed by atoms with Crippen molar-refractivity contribution in [1.82, 2.24) is 5.32 Å². The molecule has 1 atom stereocenters. The molecule has 1 unspecified atom stereocenters. The van der Waals surface area contributed by atoms with Gasteiger partial charge in [-0.3, -0.25) is 0 Å². The summed E-state index contributed by atoms with van der Waals surface area (Å²) in [7, 11) is 0. The minimum atomic E-state index is 0.757. The van der Waals surface area contributed by atoms with Crippen molar-refractivity contribution in [3.8, 4) is 0 Å². The summed E-state index contributed by atoms with van der Waals surface area (Å²) in [6.07, 6.45) is 5.63. The van der Waals surface area contributed by atoms with Crippen LogP contribution in [0.25, 0.3) is 0 Å². The zero-order valence-corrected chi connectivity index (χ0v) is 7.19. The van der Waals surface area contributed by atoms with Gasteiger partial charge in [-0.1, -0.05) is 19.8 Å². The van der Waals surface area contributed by atoms with Gasteiger partial charge in [0, 0.05) is 6.04 Å². The summed E-state index contributed by atoms with van der Waals surface area (Å²) in [6, 6.07) is 0.757. The molecule has 1 aliphatic carbocycles. The fourth-order valence-corrected chi connectivity index (χ4v) is 1.33. The van der Waals surface area contributed by atoms with E-state index in [0.29, 0.717) is 0 Å². The van der Waals surface area contributed by atoms with Gasteiger partial charge < -0.3 is 5.32 Å². The largest absolute Gasteiger partial charge is 0.314 e. The highest BCUT2D eigenvalue weighted by Crippen LogP contribution is 2.33. The van der Waals surface area contributed by atoms with Gasteiger partial charge in [-0.25, -0.2) is 0 Å². The lowest BCUT2D eigenvalue weighted by Gasteiger charge is -2.11. The Balaban J connectivity index is 1.91. The molecule has 0 radical (unpaired) electrons. The Morgan fingerprint density at radius 1 is 1.50 bits per heavy atom. The quantitative estimate of drug-likeness (QED) is 0.618. The monoisotopic (exact) mass is 141 g/mol. The first kappa shape index (κ1) is 8.06. The van der Waals surface area contributed by atoms with E-state index in [-0.39, 0.29) is 0 Å². The standard InChI is InChI=1S/C9H19N/c1-3-6-10-8(2)7-9-4-5-9/h8-10H,3-7H2,1-2H3. The van der Waals surface area contributed by atoms with Gasteiger partial charge in [-0.15, -0.1) is 0 Å². The molecule has 0 aromatic rings. The molecule has 60 valence electrons. The van der Waals surface area contributed by atoms with E-state index in [1.807, 2.05) is 0 Å². The number of rotatable bonds is 5. The minimum Gasteiger partial charge on any atom is -0.314 e. The molecule has 0 aromatic heterocycles. The first-order chi connectivity index (χ1) is 4.83. The molecule has 0 aromatic carbocycles. The maximum Gasteiger partial charge on any atom is 0.00413 e. The average molecular weight is 141 g/mol. The van der Waals surface area contributed by atoms with Gasteiger partial charge in [0.05, 0.1) is 0 Å². The van der Waals surface area contributed by atoms with Gasteiger partial charge in [0.25, 0.3) is 0 Å². The molecule has 1 nitrogen and oxygen atoms in total. The molecule has 0 bridgehead atoms. The van der Waals surface area contributed by atoms with E-state index < -0.39 is 0 Å². The van der Waals surface area contributed by atoms with Gasteiger partial charge in [-0.2, -0.15) is 0 Å². The van der Waals surface area contributed by atoms with Crippen LogP contribution in [0, 0.1) is 5.92 Å². The second-order valence-corrected chi connectivity index (χ2v) is 3.53. The molecule has 1 N–H and O–H groups in total. The van der Waals surface area contributed by atoms with Crippen molar-refractivity contribution in [3.05, 3.63) is 0 Å². The van der Waals surface area contributed by atoms with Crippen molar-refractivity contribution < 1.29 is 0 Å². The Morgan fingerprint density at radius 3 is 2.70 bits per heavy atom. The fraction of sp³-hybridized carbons (Fsp3) is 1.00. The Hall–Kier alpha value is -0.0400. The molecular weight excluding hydrogens is 122 g/mol. The predicted molar refractivity (Wildman–Crippen MR) is 45.1 cm³/mol. The van der Waals surface area contributed by atoms with Crippen LogP contribution in [0.3, 0.4) is 0 Å². The Bertz CT molecular complexity index is 86.7. The molecule has 1 saturated carbocycles. The third-order valence-electron chi connectivity index (χ3n) is 2.13. The lowest BCUT2D eigenvalue weighted by Crippen LogP contribution is -2.26. The minimum absolute atomic E-state index is 0.757. The van der Waals surface area contributed by atoms with Crippen molar-refractivity contribution in [2.45, 2.75) is 45.6 Å². The molecule has 0 amide bonds. The van der Waals surface area contributed by atoms with E-state index in [1.165, 1.54) is 32.2 Å². The Labute approximate surface area is 64.2 Å². The first-order valence-electron chi connectivity index (χ1n) is 4.56. The normalized spacial score (nSPS) is 21.0. The van der Waals surface area contributed by atoms with E-state index in [4.69, 9.17) is 0 Å². The van der Waals surface area contributed by atoms with Crippen molar-refractivity contribution in [1.29, 1.82) is 0 Å². The van der Waals surface area contributed by atoms with Gasteiger partial charge in [0.15, 0.2) is 0 Å². The van der Waals surface area contributed by atoms with E-state index in [9.17, 15) is 0 Å². The lowest BCUT2D eigenvalue weighted by atomic mass is 10.1. The summed E-state index contributed by atoms with van der Waals surface area (Å²) in [6.45, 7) is 5.71. The second kappa shape index (κ2) is 3.97. The molecule has 0 heterocycles. The summed E-state index contributed by atoms with van der Waals surface area (Å²) in [5, 5.41) is 3.50. The van der Waals surface area contributed by atoms with Crippen LogP contribution in [0.4, 0.5) is 0 Å². The molecule has 0 aliphatic heterocycles. The predicted octanol–water partition coefficient (Wildman–Crippen LogP) is 2.17. The average Bonchev–Trinajstić information content (AvgIpc) is 2.67. The number of hydrogen-bond donors (Lipinski definition) is 1. The molecule has 1 fully saturated rings. The van der Waals surface area contributed by atoms with Crippen LogP contribution in [0.2, 0.25) is 0 Å². The van der Waals surface area contributed by atoms with E-state index in [0.717, 1.165) is 12.0 Å². The summed E-state index contributed by atoms with van der Waals surface area (Å²) >= 11 is 0. The zero-order chi connectivity index (χ0) is 7.40. The van der Waals surface area contributed by atoms with Crippen molar-refractivity contribution in [2.75, 3.05) is 6.54 Å². The van der Waals surface area contributed by atoms with Gasteiger partial charge in [-0.05, 0) is 32.2 Å². The summed E-state index contributed by atoms with van der Waals surface area (Å²) in [5.41, 5.74) is 0. The third-order valence-corrected chi connectivity index (χ3v) is 2.13. The van der Waals surface area contributed by atoms with Crippen molar-refractivity contribution in [3.63, 3.8) is 0 Å². The molecule has 0 spiro atoms. The molecule has 0 saturated heterocycles. The van der Waals surface area contributed by atoms with Crippen LogP contribution >= 0.6 is 0 Å². The van der Waals surface area contributed by atoms with Gasteiger partial charge in [0.1, 0.15) is 0 Å². The molecule has 1 rings (SSSR count). The number of hydrogen-bond acceptors (Lipinski definition) is 1. The summed E-state index contributed by atoms with van der Waals surface area (Å²) in [5.74, 6) is 1.07. The van der Waals surface area contributed by atoms with Crippen LogP contribution < -0.4 is 5.32 Å². The van der Waals surface area contributed by atoms with E-state index >= 15 is 0 Å². The van der Waals surface area contributed by atoms with Crippen LogP contribution in [-0.4, -0.2) is 12.6 Å². The molecule has 1 heteroatoms.